The summed E-state index contributed by atoms with van der Waals surface area (Å²) in [5.41, 5.74) is -0.613. The van der Waals surface area contributed by atoms with Gasteiger partial charge in [0.25, 0.3) is 5.69 Å². The lowest BCUT2D eigenvalue weighted by atomic mass is 10.2. The largest absolute Gasteiger partial charge is 0.493 e. The third-order valence-electron chi connectivity index (χ3n) is 2.06. The molecule has 0 N–H and O–H groups in total. The second kappa shape index (κ2) is 6.69. The molecular weight excluding hydrogens is 330 g/mol. The Balaban J connectivity index is 2.54. The van der Waals surface area contributed by atoms with Crippen LogP contribution in [0.4, 0.5) is 5.69 Å². The molecule has 0 aliphatic rings. The Kier molecular flexibility index (Phi) is 5.50. The molecule has 0 saturated heterocycles. The van der Waals surface area contributed by atoms with Gasteiger partial charge in [-0.3, -0.25) is 14.9 Å². The van der Waals surface area contributed by atoms with Crippen LogP contribution in [-0.2, 0) is 9.53 Å². The van der Waals surface area contributed by atoms with Crippen LogP contribution in [0.2, 0.25) is 0 Å². The highest BCUT2D eigenvalue weighted by atomic mass is 79.9. The van der Waals surface area contributed by atoms with Crippen LogP contribution in [0.15, 0.2) is 22.7 Å². The number of rotatable bonds is 5. The van der Waals surface area contributed by atoms with Crippen LogP contribution < -0.4 is 4.74 Å². The fourth-order valence-corrected chi connectivity index (χ4v) is 1.84. The van der Waals surface area contributed by atoms with E-state index in [1.54, 1.807) is 26.8 Å². The summed E-state index contributed by atoms with van der Waals surface area (Å²) in [6.45, 7) is 5.44. The lowest BCUT2D eigenvalue weighted by molar-refractivity contribution is -0.385. The predicted molar refractivity (Wildman–Crippen MR) is 76.8 cm³/mol. The summed E-state index contributed by atoms with van der Waals surface area (Å²) in [7, 11) is 0. The highest BCUT2D eigenvalue weighted by molar-refractivity contribution is 9.10. The Morgan fingerprint density at radius 3 is 2.55 bits per heavy atom. The average molecular weight is 346 g/mol. The molecule has 110 valence electrons. The second-order valence-electron chi connectivity index (χ2n) is 5.09. The summed E-state index contributed by atoms with van der Waals surface area (Å²) in [6, 6.07) is 4.28. The summed E-state index contributed by atoms with van der Waals surface area (Å²) in [4.78, 5) is 21.7. The van der Waals surface area contributed by atoms with E-state index in [0.717, 1.165) is 0 Å². The second-order valence-corrected chi connectivity index (χ2v) is 6.00. The van der Waals surface area contributed by atoms with Crippen molar-refractivity contribution < 1.29 is 19.2 Å². The summed E-state index contributed by atoms with van der Waals surface area (Å²) >= 11 is 3.17. The zero-order chi connectivity index (χ0) is 15.3. The number of esters is 1. The van der Waals surface area contributed by atoms with E-state index in [0.29, 0.717) is 10.2 Å². The molecule has 0 aliphatic carbocycles. The average Bonchev–Trinajstić information content (AvgIpc) is 2.25. The molecule has 6 nitrogen and oxygen atoms in total. The van der Waals surface area contributed by atoms with Gasteiger partial charge in [-0.05, 0) is 26.8 Å². The van der Waals surface area contributed by atoms with Crippen molar-refractivity contribution in [3.63, 3.8) is 0 Å². The van der Waals surface area contributed by atoms with Gasteiger partial charge < -0.3 is 9.47 Å². The molecule has 0 aliphatic heterocycles. The molecule has 1 rings (SSSR count). The normalized spacial score (nSPS) is 11.0. The monoisotopic (exact) mass is 345 g/mol. The first kappa shape index (κ1) is 16.4. The lowest BCUT2D eigenvalue weighted by Crippen LogP contribution is -2.24. The van der Waals surface area contributed by atoms with Crippen molar-refractivity contribution >= 4 is 27.6 Å². The first-order valence-electron chi connectivity index (χ1n) is 5.97. The third-order valence-corrected chi connectivity index (χ3v) is 2.52. The number of benzene rings is 1. The van der Waals surface area contributed by atoms with Crippen molar-refractivity contribution in [2.24, 2.45) is 0 Å². The first-order valence-corrected chi connectivity index (χ1v) is 6.76. The number of hydrogen-bond acceptors (Lipinski definition) is 5. The molecule has 0 aromatic heterocycles. The summed E-state index contributed by atoms with van der Waals surface area (Å²) in [5.74, 6) is -0.0448. The number of carbonyl (C=O) groups excluding carboxylic acids is 1. The van der Waals surface area contributed by atoms with Crippen LogP contribution in [0.1, 0.15) is 27.2 Å². The van der Waals surface area contributed by atoms with E-state index in [9.17, 15) is 14.9 Å². The van der Waals surface area contributed by atoms with Gasteiger partial charge in [0.2, 0.25) is 0 Å². The summed E-state index contributed by atoms with van der Waals surface area (Å²) in [6.07, 6.45) is 0.0809. The Bertz CT molecular complexity index is 510. The standard InChI is InChI=1S/C13H16BrNO5/c1-13(2,3)20-12(16)4-5-19-11-7-9(14)6-10(8-11)15(17)18/h6-8H,4-5H2,1-3H3. The van der Waals surface area contributed by atoms with E-state index >= 15 is 0 Å². The molecule has 0 bridgehead atoms. The molecule has 0 atom stereocenters. The molecule has 0 spiro atoms. The van der Waals surface area contributed by atoms with Crippen LogP contribution in [0, 0.1) is 10.1 Å². The van der Waals surface area contributed by atoms with E-state index < -0.39 is 10.5 Å². The maximum absolute atomic E-state index is 11.5. The van der Waals surface area contributed by atoms with Crippen molar-refractivity contribution in [2.75, 3.05) is 6.61 Å². The number of hydrogen-bond donors (Lipinski definition) is 0. The smallest absolute Gasteiger partial charge is 0.309 e. The molecule has 20 heavy (non-hydrogen) atoms. The molecule has 7 heteroatoms. The number of carbonyl (C=O) groups is 1. The van der Waals surface area contributed by atoms with E-state index in [-0.39, 0.29) is 24.7 Å². The Hall–Kier alpha value is -1.63. The van der Waals surface area contributed by atoms with Gasteiger partial charge in [0.15, 0.2) is 0 Å². The molecule has 0 saturated carbocycles. The number of nitro groups is 1. The van der Waals surface area contributed by atoms with Gasteiger partial charge in [-0.25, -0.2) is 0 Å². The number of nitrogens with zero attached hydrogens (tertiary/aromatic N) is 1. The minimum atomic E-state index is -0.536. The van der Waals surface area contributed by atoms with Gasteiger partial charge in [0, 0.05) is 10.5 Å². The minimum absolute atomic E-state index is 0.0772. The molecular formula is C13H16BrNO5. The third kappa shape index (κ3) is 6.01. The predicted octanol–water partition coefficient (Wildman–Crippen LogP) is 3.47. The minimum Gasteiger partial charge on any atom is -0.493 e. The molecule has 1 aromatic carbocycles. The first-order chi connectivity index (χ1) is 9.17. The fourth-order valence-electron chi connectivity index (χ4n) is 1.38. The van der Waals surface area contributed by atoms with E-state index in [1.165, 1.54) is 12.1 Å². The van der Waals surface area contributed by atoms with Crippen LogP contribution >= 0.6 is 15.9 Å². The fraction of sp³-hybridized carbons (Fsp3) is 0.462. The molecule has 0 heterocycles. The van der Waals surface area contributed by atoms with Gasteiger partial charge in [0.05, 0.1) is 24.0 Å². The van der Waals surface area contributed by atoms with Gasteiger partial charge in [0.1, 0.15) is 11.4 Å². The zero-order valence-corrected chi connectivity index (χ0v) is 13.1. The number of ether oxygens (including phenoxy) is 2. The molecule has 1 aromatic rings. The quantitative estimate of drug-likeness (QED) is 0.463. The Morgan fingerprint density at radius 2 is 2.00 bits per heavy atom. The van der Waals surface area contributed by atoms with Crippen LogP contribution in [0.25, 0.3) is 0 Å². The maximum atomic E-state index is 11.5. The van der Waals surface area contributed by atoms with Gasteiger partial charge in [-0.1, -0.05) is 15.9 Å². The highest BCUT2D eigenvalue weighted by Crippen LogP contribution is 2.26. The van der Waals surface area contributed by atoms with Gasteiger partial charge in [-0.2, -0.15) is 0 Å². The molecule has 0 unspecified atom stereocenters. The summed E-state index contributed by atoms with van der Waals surface area (Å²) < 4.78 is 11.0. The summed E-state index contributed by atoms with van der Waals surface area (Å²) in [5, 5.41) is 10.7. The lowest BCUT2D eigenvalue weighted by Gasteiger charge is -2.19. The number of non-ortho nitro benzene ring substituents is 1. The topological polar surface area (TPSA) is 78.7 Å². The van der Waals surface area contributed by atoms with Gasteiger partial charge in [-0.15, -0.1) is 0 Å². The van der Waals surface area contributed by atoms with E-state index in [4.69, 9.17) is 9.47 Å². The highest BCUT2D eigenvalue weighted by Gasteiger charge is 2.16. The van der Waals surface area contributed by atoms with Crippen molar-refractivity contribution in [3.05, 3.63) is 32.8 Å². The van der Waals surface area contributed by atoms with Crippen LogP contribution in [-0.4, -0.2) is 23.1 Å². The van der Waals surface area contributed by atoms with Gasteiger partial charge >= 0.3 is 5.97 Å². The van der Waals surface area contributed by atoms with Crippen molar-refractivity contribution in [1.82, 2.24) is 0 Å². The van der Waals surface area contributed by atoms with Crippen LogP contribution in [0.5, 0.6) is 5.75 Å². The molecule has 0 radical (unpaired) electrons. The molecule has 0 amide bonds. The van der Waals surface area contributed by atoms with Crippen molar-refractivity contribution in [3.8, 4) is 5.75 Å². The van der Waals surface area contributed by atoms with Crippen molar-refractivity contribution in [2.45, 2.75) is 32.8 Å². The zero-order valence-electron chi connectivity index (χ0n) is 11.5. The Labute approximate surface area is 125 Å². The van der Waals surface area contributed by atoms with Crippen LogP contribution in [0.3, 0.4) is 0 Å². The van der Waals surface area contributed by atoms with E-state index in [2.05, 4.69) is 15.9 Å². The Morgan fingerprint density at radius 1 is 1.35 bits per heavy atom. The molecule has 0 fully saturated rings. The van der Waals surface area contributed by atoms with E-state index in [1.807, 2.05) is 0 Å². The number of nitro benzene ring substituents is 1. The number of halogens is 1. The SMILES string of the molecule is CC(C)(C)OC(=O)CCOc1cc(Br)cc([N+](=O)[O-])c1. The maximum Gasteiger partial charge on any atom is 0.309 e. The van der Waals surface area contributed by atoms with Crippen molar-refractivity contribution in [1.29, 1.82) is 0 Å².